The SMILES string of the molecule is C[N@@+]1(CC2CC2)CC[C@]23c4c5ccc(O)c4O[C@H]2[C@H](CC(=O)c2ccccc2)CC[C@@]3(O)[C@H]1C5. The lowest BCUT2D eigenvalue weighted by Gasteiger charge is -2.65. The van der Waals surface area contributed by atoms with E-state index in [4.69, 9.17) is 4.74 Å². The molecule has 2 aliphatic heterocycles. The van der Waals surface area contributed by atoms with Gasteiger partial charge in [-0.3, -0.25) is 4.79 Å². The molecule has 2 heterocycles. The van der Waals surface area contributed by atoms with Gasteiger partial charge in [-0.15, -0.1) is 0 Å². The smallest absolute Gasteiger partial charge is 0.165 e. The molecule has 178 valence electrons. The second-order valence-corrected chi connectivity index (χ2v) is 12.0. The molecule has 2 aromatic rings. The zero-order valence-electron chi connectivity index (χ0n) is 19.9. The molecular weight excluding hydrogens is 426 g/mol. The van der Waals surface area contributed by atoms with Crippen molar-refractivity contribution in [3.63, 3.8) is 0 Å². The number of likely N-dealkylation sites (N-methyl/N-ethyl adjacent to an activating group) is 1. The molecule has 2 N–H and O–H groups in total. The Labute approximate surface area is 200 Å². The van der Waals surface area contributed by atoms with Crippen LogP contribution in [0, 0.1) is 11.8 Å². The predicted octanol–water partition coefficient (Wildman–Crippen LogP) is 3.99. The van der Waals surface area contributed by atoms with Crippen LogP contribution in [-0.2, 0) is 11.8 Å². The largest absolute Gasteiger partial charge is 0.504 e. The first-order valence-electron chi connectivity index (χ1n) is 13.0. The van der Waals surface area contributed by atoms with E-state index >= 15 is 0 Å². The summed E-state index contributed by atoms with van der Waals surface area (Å²) in [6, 6.07) is 13.4. The molecular formula is C29H34NO4+. The predicted molar refractivity (Wildman–Crippen MR) is 128 cm³/mol. The van der Waals surface area contributed by atoms with Crippen LogP contribution in [0.2, 0.25) is 0 Å². The van der Waals surface area contributed by atoms with Crippen molar-refractivity contribution >= 4 is 5.78 Å². The number of phenols is 1. The average molecular weight is 461 g/mol. The van der Waals surface area contributed by atoms with E-state index in [-0.39, 0.29) is 29.6 Å². The highest BCUT2D eigenvalue weighted by Gasteiger charge is 2.76. The quantitative estimate of drug-likeness (QED) is 0.523. The van der Waals surface area contributed by atoms with Crippen LogP contribution in [-0.4, -0.2) is 58.4 Å². The van der Waals surface area contributed by atoms with Gasteiger partial charge in [-0.1, -0.05) is 36.4 Å². The molecule has 0 amide bonds. The molecule has 2 bridgehead atoms. The molecule has 2 saturated carbocycles. The molecule has 34 heavy (non-hydrogen) atoms. The Morgan fingerprint density at radius 3 is 2.68 bits per heavy atom. The molecule has 3 fully saturated rings. The van der Waals surface area contributed by atoms with E-state index in [9.17, 15) is 15.0 Å². The fourth-order valence-corrected chi connectivity index (χ4v) is 8.45. The van der Waals surface area contributed by atoms with Gasteiger partial charge in [0.25, 0.3) is 0 Å². The Balaban J connectivity index is 1.33. The molecule has 5 nitrogen and oxygen atoms in total. The number of ether oxygens (including phenoxy) is 1. The van der Waals surface area contributed by atoms with Gasteiger partial charge in [-0.05, 0) is 37.3 Å². The van der Waals surface area contributed by atoms with E-state index in [0.29, 0.717) is 18.6 Å². The maximum Gasteiger partial charge on any atom is 0.165 e. The highest BCUT2D eigenvalue weighted by molar-refractivity contribution is 5.96. The Morgan fingerprint density at radius 2 is 1.91 bits per heavy atom. The number of carbonyl (C=O) groups is 1. The van der Waals surface area contributed by atoms with Gasteiger partial charge in [-0.25, -0.2) is 0 Å². The maximum atomic E-state index is 13.2. The van der Waals surface area contributed by atoms with Crippen LogP contribution in [0.25, 0.3) is 0 Å². The second kappa shape index (κ2) is 6.86. The number of rotatable bonds is 5. The van der Waals surface area contributed by atoms with Gasteiger partial charge in [0.05, 0.1) is 25.6 Å². The number of aliphatic hydroxyl groups is 1. The summed E-state index contributed by atoms with van der Waals surface area (Å²) in [6.07, 6.45) is 5.89. The number of likely N-dealkylation sites (tertiary alicyclic amines) is 1. The normalized spacial score (nSPS) is 39.3. The van der Waals surface area contributed by atoms with Crippen molar-refractivity contribution in [1.29, 1.82) is 0 Å². The fourth-order valence-electron chi connectivity index (χ4n) is 8.45. The molecule has 1 saturated heterocycles. The fraction of sp³-hybridized carbons (Fsp3) is 0.552. The van der Waals surface area contributed by atoms with Crippen LogP contribution >= 0.6 is 0 Å². The van der Waals surface area contributed by atoms with Crippen molar-refractivity contribution in [2.75, 3.05) is 20.1 Å². The Morgan fingerprint density at radius 1 is 1.12 bits per heavy atom. The van der Waals surface area contributed by atoms with Crippen LogP contribution in [0.15, 0.2) is 42.5 Å². The Kier molecular flexibility index (Phi) is 4.23. The number of quaternary nitrogens is 1. The van der Waals surface area contributed by atoms with Crippen molar-refractivity contribution in [3.05, 3.63) is 59.2 Å². The molecule has 0 unspecified atom stereocenters. The molecule has 5 heteroatoms. The minimum atomic E-state index is -0.877. The summed E-state index contributed by atoms with van der Waals surface area (Å²) in [4.78, 5) is 13.2. The van der Waals surface area contributed by atoms with Crippen LogP contribution < -0.4 is 4.74 Å². The zero-order valence-corrected chi connectivity index (χ0v) is 19.9. The van der Waals surface area contributed by atoms with Crippen LogP contribution in [0.1, 0.15) is 60.0 Å². The summed E-state index contributed by atoms with van der Waals surface area (Å²) in [5.74, 6) is 1.67. The molecule has 6 atom stereocenters. The lowest BCUT2D eigenvalue weighted by Crippen LogP contribution is -2.80. The topological polar surface area (TPSA) is 66.8 Å². The standard InChI is InChI=1S/C29H33NO4/c1-30(17-18-7-8-18)14-13-28-25-20-9-10-22(31)26(25)34-27(28)21(11-12-29(28,33)24(30)16-20)15-23(32)19-5-3-2-4-6-19/h2-6,9-10,18,21,24,27,33H,7-8,11-17H2,1H3/p+1/t21-,24+,27-,28-,29+,30-/m0/s1. The first-order chi connectivity index (χ1) is 16.4. The number of ketones is 1. The van der Waals surface area contributed by atoms with E-state index in [1.165, 1.54) is 18.4 Å². The van der Waals surface area contributed by atoms with Crippen molar-refractivity contribution in [3.8, 4) is 11.5 Å². The van der Waals surface area contributed by atoms with Crippen molar-refractivity contribution in [2.24, 2.45) is 11.8 Å². The van der Waals surface area contributed by atoms with Gasteiger partial charge in [0.15, 0.2) is 17.3 Å². The van der Waals surface area contributed by atoms with E-state index in [1.807, 2.05) is 30.3 Å². The van der Waals surface area contributed by atoms with Crippen LogP contribution in [0.5, 0.6) is 11.5 Å². The summed E-state index contributed by atoms with van der Waals surface area (Å²) in [7, 11) is 2.36. The minimum Gasteiger partial charge on any atom is -0.504 e. The van der Waals surface area contributed by atoms with Gasteiger partial charge in [0.2, 0.25) is 0 Å². The first-order valence-corrected chi connectivity index (χ1v) is 13.0. The molecule has 5 aliphatic rings. The van der Waals surface area contributed by atoms with Gasteiger partial charge in [-0.2, -0.15) is 0 Å². The third-order valence-electron chi connectivity index (χ3n) is 10.1. The number of phenolic OH excluding ortho intramolecular Hbond substituents is 1. The summed E-state index contributed by atoms with van der Waals surface area (Å²) in [5.41, 5.74) is 1.59. The Bertz CT molecular complexity index is 1180. The van der Waals surface area contributed by atoms with Crippen molar-refractivity contribution in [1.82, 2.24) is 0 Å². The number of benzene rings is 2. The van der Waals surface area contributed by atoms with E-state index in [0.717, 1.165) is 53.9 Å². The van der Waals surface area contributed by atoms with Gasteiger partial charge in [0, 0.05) is 42.2 Å². The molecule has 7 rings (SSSR count). The van der Waals surface area contributed by atoms with Crippen molar-refractivity contribution < 1.29 is 24.2 Å². The monoisotopic (exact) mass is 460 g/mol. The Hall–Kier alpha value is -2.37. The summed E-state index contributed by atoms with van der Waals surface area (Å²) < 4.78 is 7.55. The average Bonchev–Trinajstić information content (AvgIpc) is 3.56. The van der Waals surface area contributed by atoms with Gasteiger partial charge >= 0.3 is 0 Å². The third kappa shape index (κ3) is 2.60. The highest BCUT2D eigenvalue weighted by atomic mass is 16.5. The maximum absolute atomic E-state index is 13.2. The number of hydrogen-bond donors (Lipinski definition) is 2. The van der Waals surface area contributed by atoms with E-state index in [1.54, 1.807) is 6.07 Å². The molecule has 0 aromatic heterocycles. The summed E-state index contributed by atoms with van der Waals surface area (Å²) in [5, 5.41) is 23.5. The van der Waals surface area contributed by atoms with Gasteiger partial charge in [0.1, 0.15) is 17.7 Å². The van der Waals surface area contributed by atoms with E-state index in [2.05, 4.69) is 13.1 Å². The number of piperidine rings is 1. The van der Waals surface area contributed by atoms with Gasteiger partial charge < -0.3 is 19.4 Å². The number of carbonyl (C=O) groups excluding carboxylic acids is 1. The number of nitrogens with zero attached hydrogens (tertiary/aromatic N) is 1. The minimum absolute atomic E-state index is 0.0201. The molecule has 0 radical (unpaired) electrons. The summed E-state index contributed by atoms with van der Waals surface area (Å²) in [6.45, 7) is 2.15. The summed E-state index contributed by atoms with van der Waals surface area (Å²) >= 11 is 0. The number of hydrogen-bond acceptors (Lipinski definition) is 4. The van der Waals surface area contributed by atoms with Crippen molar-refractivity contribution in [2.45, 2.75) is 68.1 Å². The molecule has 2 aromatic carbocycles. The lowest BCUT2D eigenvalue weighted by molar-refractivity contribution is -0.950. The third-order valence-corrected chi connectivity index (χ3v) is 10.1. The van der Waals surface area contributed by atoms with E-state index < -0.39 is 11.0 Å². The van der Waals surface area contributed by atoms with Crippen LogP contribution in [0.4, 0.5) is 0 Å². The number of Topliss-reactive ketones (excluding diaryl/α,β-unsaturated/α-hetero) is 1. The zero-order chi connectivity index (χ0) is 23.3. The van der Waals surface area contributed by atoms with Crippen LogP contribution in [0.3, 0.4) is 0 Å². The molecule has 1 spiro atoms. The highest BCUT2D eigenvalue weighted by Crippen LogP contribution is 2.67. The number of aromatic hydroxyl groups is 1. The first kappa shape index (κ1) is 21.0. The second-order valence-electron chi connectivity index (χ2n) is 12.0. The molecule has 3 aliphatic carbocycles. The lowest BCUT2D eigenvalue weighted by atomic mass is 9.46.